The van der Waals surface area contributed by atoms with E-state index in [0.717, 1.165) is 35.8 Å². The fourth-order valence-corrected chi connectivity index (χ4v) is 3.53. The van der Waals surface area contributed by atoms with Crippen LogP contribution in [-0.2, 0) is 6.54 Å². The zero-order valence-corrected chi connectivity index (χ0v) is 15.5. The van der Waals surface area contributed by atoms with Gasteiger partial charge >= 0.3 is 0 Å². The van der Waals surface area contributed by atoms with Crippen LogP contribution in [0.3, 0.4) is 0 Å². The summed E-state index contributed by atoms with van der Waals surface area (Å²) in [5.41, 5.74) is 2.09. The van der Waals surface area contributed by atoms with Crippen LogP contribution in [0.5, 0.6) is 5.75 Å². The lowest BCUT2D eigenvalue weighted by Gasteiger charge is -2.36. The van der Waals surface area contributed by atoms with Gasteiger partial charge < -0.3 is 15.0 Å². The SMILES string of the molecule is CCC1CCCCN1c1cc(C)nc(NCc2ccccc2OC)n1. The molecule has 0 amide bonds. The van der Waals surface area contributed by atoms with Gasteiger partial charge in [0.25, 0.3) is 0 Å². The third-order valence-corrected chi connectivity index (χ3v) is 4.86. The van der Waals surface area contributed by atoms with Gasteiger partial charge in [0.15, 0.2) is 0 Å². The summed E-state index contributed by atoms with van der Waals surface area (Å²) in [6.45, 7) is 6.02. The average Bonchev–Trinajstić information content (AvgIpc) is 2.66. The molecule has 1 aromatic heterocycles. The molecule has 25 heavy (non-hydrogen) atoms. The monoisotopic (exact) mass is 340 g/mol. The van der Waals surface area contributed by atoms with E-state index in [-0.39, 0.29) is 0 Å². The van der Waals surface area contributed by atoms with E-state index in [1.54, 1.807) is 7.11 Å². The molecule has 5 heteroatoms. The lowest BCUT2D eigenvalue weighted by Crippen LogP contribution is -2.39. The Morgan fingerprint density at radius 3 is 2.88 bits per heavy atom. The molecular formula is C20H28N4O. The number of para-hydroxylation sites is 1. The number of nitrogens with one attached hydrogen (secondary N) is 1. The van der Waals surface area contributed by atoms with E-state index in [9.17, 15) is 0 Å². The average molecular weight is 340 g/mol. The number of methoxy groups -OCH3 is 1. The molecule has 1 fully saturated rings. The summed E-state index contributed by atoms with van der Waals surface area (Å²) < 4.78 is 5.42. The lowest BCUT2D eigenvalue weighted by atomic mass is 10.00. The minimum atomic E-state index is 0.588. The number of anilines is 2. The van der Waals surface area contributed by atoms with Crippen LogP contribution >= 0.6 is 0 Å². The Morgan fingerprint density at radius 1 is 1.24 bits per heavy atom. The van der Waals surface area contributed by atoms with Gasteiger partial charge in [-0.25, -0.2) is 4.98 Å². The van der Waals surface area contributed by atoms with Crippen LogP contribution in [0, 0.1) is 6.92 Å². The van der Waals surface area contributed by atoms with Crippen molar-refractivity contribution in [2.45, 2.75) is 52.1 Å². The molecule has 3 rings (SSSR count). The molecule has 0 bridgehead atoms. The minimum Gasteiger partial charge on any atom is -0.496 e. The molecule has 5 nitrogen and oxygen atoms in total. The summed E-state index contributed by atoms with van der Waals surface area (Å²) in [5.74, 6) is 2.60. The maximum Gasteiger partial charge on any atom is 0.225 e. The second-order valence-corrected chi connectivity index (χ2v) is 6.61. The molecule has 0 radical (unpaired) electrons. The number of benzene rings is 1. The first-order valence-electron chi connectivity index (χ1n) is 9.19. The third-order valence-electron chi connectivity index (χ3n) is 4.86. The highest BCUT2D eigenvalue weighted by Gasteiger charge is 2.22. The van der Waals surface area contributed by atoms with Crippen molar-refractivity contribution in [3.05, 3.63) is 41.6 Å². The second kappa shape index (κ2) is 8.19. The van der Waals surface area contributed by atoms with E-state index in [2.05, 4.69) is 34.3 Å². The molecule has 1 aliphatic heterocycles. The summed E-state index contributed by atoms with van der Waals surface area (Å²) in [4.78, 5) is 11.8. The predicted molar refractivity (Wildman–Crippen MR) is 102 cm³/mol. The van der Waals surface area contributed by atoms with Crippen molar-refractivity contribution in [1.82, 2.24) is 9.97 Å². The van der Waals surface area contributed by atoms with Crippen molar-refractivity contribution in [3.8, 4) is 5.75 Å². The van der Waals surface area contributed by atoms with Crippen LogP contribution in [-0.4, -0.2) is 29.7 Å². The predicted octanol–water partition coefficient (Wildman–Crippen LogP) is 4.17. The first kappa shape index (κ1) is 17.5. The van der Waals surface area contributed by atoms with Crippen molar-refractivity contribution >= 4 is 11.8 Å². The molecule has 0 spiro atoms. The Balaban J connectivity index is 1.77. The van der Waals surface area contributed by atoms with Gasteiger partial charge in [-0.1, -0.05) is 25.1 Å². The Morgan fingerprint density at radius 2 is 2.08 bits per heavy atom. The van der Waals surface area contributed by atoms with E-state index in [4.69, 9.17) is 9.72 Å². The van der Waals surface area contributed by atoms with E-state index < -0.39 is 0 Å². The number of hydrogen-bond acceptors (Lipinski definition) is 5. The zero-order chi connectivity index (χ0) is 17.6. The minimum absolute atomic E-state index is 0.588. The summed E-state index contributed by atoms with van der Waals surface area (Å²) in [5, 5.41) is 3.36. The molecular weight excluding hydrogens is 312 g/mol. The van der Waals surface area contributed by atoms with Crippen LogP contribution in [0.15, 0.2) is 30.3 Å². The first-order chi connectivity index (χ1) is 12.2. The lowest BCUT2D eigenvalue weighted by molar-refractivity contribution is 0.410. The van der Waals surface area contributed by atoms with Crippen molar-refractivity contribution in [2.24, 2.45) is 0 Å². The molecule has 2 heterocycles. The highest BCUT2D eigenvalue weighted by atomic mass is 16.5. The highest BCUT2D eigenvalue weighted by molar-refractivity contribution is 5.47. The summed E-state index contributed by atoms with van der Waals surface area (Å²) in [6, 6.07) is 10.7. The third kappa shape index (κ3) is 4.21. The summed E-state index contributed by atoms with van der Waals surface area (Å²) in [7, 11) is 1.70. The second-order valence-electron chi connectivity index (χ2n) is 6.61. The van der Waals surface area contributed by atoms with Crippen LogP contribution in [0.2, 0.25) is 0 Å². The van der Waals surface area contributed by atoms with E-state index in [0.29, 0.717) is 18.5 Å². The number of aromatic nitrogens is 2. The molecule has 1 saturated heterocycles. The standard InChI is InChI=1S/C20H28N4O/c1-4-17-10-7-8-12-24(17)19-13-15(2)22-20(23-19)21-14-16-9-5-6-11-18(16)25-3/h5-6,9,11,13,17H,4,7-8,10,12,14H2,1-3H3,(H,21,22,23). The molecule has 0 aliphatic carbocycles. The van der Waals surface area contributed by atoms with Gasteiger partial charge in [0.05, 0.1) is 7.11 Å². The Hall–Kier alpha value is -2.30. The van der Waals surface area contributed by atoms with Gasteiger partial charge in [0.2, 0.25) is 5.95 Å². The Labute approximate surface area is 150 Å². The van der Waals surface area contributed by atoms with Crippen molar-refractivity contribution in [3.63, 3.8) is 0 Å². The van der Waals surface area contributed by atoms with Crippen LogP contribution < -0.4 is 15.0 Å². The molecule has 1 atom stereocenters. The van der Waals surface area contributed by atoms with Crippen LogP contribution in [0.25, 0.3) is 0 Å². The zero-order valence-electron chi connectivity index (χ0n) is 15.5. The van der Waals surface area contributed by atoms with Crippen LogP contribution in [0.1, 0.15) is 43.9 Å². The molecule has 2 aromatic rings. The fraction of sp³-hybridized carbons (Fsp3) is 0.500. The smallest absolute Gasteiger partial charge is 0.225 e. The van der Waals surface area contributed by atoms with Crippen LogP contribution in [0.4, 0.5) is 11.8 Å². The number of piperidine rings is 1. The Kier molecular flexibility index (Phi) is 5.74. The van der Waals surface area contributed by atoms with E-state index in [1.165, 1.54) is 19.3 Å². The molecule has 1 aromatic carbocycles. The molecule has 134 valence electrons. The number of rotatable bonds is 6. The topological polar surface area (TPSA) is 50.3 Å². The van der Waals surface area contributed by atoms with E-state index in [1.807, 2.05) is 25.1 Å². The molecule has 1 aliphatic rings. The summed E-state index contributed by atoms with van der Waals surface area (Å²) in [6.07, 6.45) is 4.97. The largest absolute Gasteiger partial charge is 0.496 e. The van der Waals surface area contributed by atoms with Gasteiger partial charge in [-0.2, -0.15) is 4.98 Å². The van der Waals surface area contributed by atoms with Gasteiger partial charge in [0, 0.05) is 36.5 Å². The van der Waals surface area contributed by atoms with Gasteiger partial charge in [-0.3, -0.25) is 0 Å². The fourth-order valence-electron chi connectivity index (χ4n) is 3.53. The number of hydrogen-bond donors (Lipinski definition) is 1. The molecule has 0 saturated carbocycles. The normalized spacial score (nSPS) is 17.4. The maximum atomic E-state index is 5.42. The highest BCUT2D eigenvalue weighted by Crippen LogP contribution is 2.26. The number of ether oxygens (including phenoxy) is 1. The van der Waals surface area contributed by atoms with E-state index >= 15 is 0 Å². The van der Waals surface area contributed by atoms with Gasteiger partial charge in [-0.05, 0) is 38.7 Å². The quantitative estimate of drug-likeness (QED) is 0.855. The van der Waals surface area contributed by atoms with Gasteiger partial charge in [-0.15, -0.1) is 0 Å². The number of nitrogens with zero attached hydrogens (tertiary/aromatic N) is 3. The van der Waals surface area contributed by atoms with Crippen molar-refractivity contribution in [2.75, 3.05) is 23.9 Å². The molecule has 1 N–H and O–H groups in total. The van der Waals surface area contributed by atoms with Crippen molar-refractivity contribution in [1.29, 1.82) is 0 Å². The first-order valence-corrected chi connectivity index (χ1v) is 9.19. The summed E-state index contributed by atoms with van der Waals surface area (Å²) >= 11 is 0. The number of aryl methyl sites for hydroxylation is 1. The maximum absolute atomic E-state index is 5.42. The Bertz CT molecular complexity index is 704. The van der Waals surface area contributed by atoms with Gasteiger partial charge in [0.1, 0.15) is 11.6 Å². The molecule has 1 unspecified atom stereocenters. The van der Waals surface area contributed by atoms with Crippen molar-refractivity contribution < 1.29 is 4.74 Å².